The summed E-state index contributed by atoms with van der Waals surface area (Å²) in [7, 11) is 0. The van der Waals surface area contributed by atoms with Crippen molar-refractivity contribution in [1.29, 1.82) is 0 Å². The molecule has 0 saturated carbocycles. The third-order valence-corrected chi connectivity index (χ3v) is 1.97. The van der Waals surface area contributed by atoms with Crippen LogP contribution in [0.1, 0.15) is 17.2 Å². The van der Waals surface area contributed by atoms with E-state index in [1.807, 2.05) is 5.43 Å². The van der Waals surface area contributed by atoms with E-state index in [2.05, 4.69) is 0 Å². The average Bonchev–Trinajstić information content (AvgIpc) is 2.11. The fraction of sp³-hybridized carbons (Fsp3) is 0.333. The number of hydrogen-bond acceptors (Lipinski definition) is 2. The molecule has 3 N–H and O–H groups in total. The van der Waals surface area contributed by atoms with Crippen LogP contribution in [0.5, 0.6) is 0 Å². The third kappa shape index (κ3) is 2.24. The normalized spacial score (nSPS) is 13.3. The Hall–Kier alpha value is -1.07. The van der Waals surface area contributed by atoms with Gasteiger partial charge in [0.05, 0.1) is 0 Å². The first-order valence-electron chi connectivity index (χ1n) is 4.06. The van der Waals surface area contributed by atoms with E-state index in [0.29, 0.717) is 5.56 Å². The van der Waals surface area contributed by atoms with E-state index in [1.54, 1.807) is 0 Å². The van der Waals surface area contributed by atoms with Gasteiger partial charge in [-0.2, -0.15) is 0 Å². The van der Waals surface area contributed by atoms with Gasteiger partial charge in [0.15, 0.2) is 0 Å². The summed E-state index contributed by atoms with van der Waals surface area (Å²) in [6.07, 6.45) is -2.62. The molecule has 1 rings (SSSR count). The van der Waals surface area contributed by atoms with Crippen molar-refractivity contribution in [1.82, 2.24) is 5.43 Å². The zero-order valence-electron chi connectivity index (χ0n) is 7.60. The van der Waals surface area contributed by atoms with Gasteiger partial charge in [-0.05, 0) is 24.1 Å². The summed E-state index contributed by atoms with van der Waals surface area (Å²) in [5, 5.41) is 0. The van der Waals surface area contributed by atoms with Crippen LogP contribution in [-0.2, 0) is 0 Å². The summed E-state index contributed by atoms with van der Waals surface area (Å²) in [4.78, 5) is 0. The first kappa shape index (κ1) is 11.0. The summed E-state index contributed by atoms with van der Waals surface area (Å²) < 4.78 is 37.6. The van der Waals surface area contributed by atoms with Crippen molar-refractivity contribution in [2.75, 3.05) is 0 Å². The van der Waals surface area contributed by atoms with Gasteiger partial charge >= 0.3 is 0 Å². The molecule has 2 nitrogen and oxygen atoms in total. The lowest BCUT2D eigenvalue weighted by molar-refractivity contribution is 0.0986. The van der Waals surface area contributed by atoms with Crippen molar-refractivity contribution in [3.8, 4) is 0 Å². The summed E-state index contributed by atoms with van der Waals surface area (Å²) in [5.41, 5.74) is 2.59. The summed E-state index contributed by atoms with van der Waals surface area (Å²) in [6, 6.07) is 2.54. The van der Waals surface area contributed by atoms with Gasteiger partial charge in [-0.1, -0.05) is 12.1 Å². The number of halogens is 3. The minimum absolute atomic E-state index is 0.279. The van der Waals surface area contributed by atoms with E-state index >= 15 is 0 Å². The summed E-state index contributed by atoms with van der Waals surface area (Å²) >= 11 is 0. The van der Waals surface area contributed by atoms with E-state index < -0.39 is 18.3 Å². The first-order valence-corrected chi connectivity index (χ1v) is 4.06. The maximum absolute atomic E-state index is 12.8. The van der Waals surface area contributed by atoms with Crippen LogP contribution in [0.4, 0.5) is 13.2 Å². The molecule has 1 aromatic carbocycles. The molecule has 0 aromatic heterocycles. The quantitative estimate of drug-likeness (QED) is 0.583. The lowest BCUT2D eigenvalue weighted by Crippen LogP contribution is -2.32. The minimum atomic E-state index is -2.62. The Kier molecular flexibility index (Phi) is 3.49. The molecule has 0 spiro atoms. The predicted molar refractivity (Wildman–Crippen MR) is 47.2 cm³/mol. The Bertz CT molecular complexity index is 315. The highest BCUT2D eigenvalue weighted by Crippen LogP contribution is 2.21. The molecule has 0 radical (unpaired) electrons. The van der Waals surface area contributed by atoms with Crippen LogP contribution in [0.3, 0.4) is 0 Å². The van der Waals surface area contributed by atoms with Crippen molar-refractivity contribution in [3.05, 3.63) is 35.1 Å². The van der Waals surface area contributed by atoms with Gasteiger partial charge < -0.3 is 0 Å². The van der Waals surface area contributed by atoms with Gasteiger partial charge in [0.2, 0.25) is 0 Å². The number of nitrogens with one attached hydrogen (secondary N) is 1. The number of rotatable bonds is 3. The van der Waals surface area contributed by atoms with Crippen molar-refractivity contribution in [2.24, 2.45) is 5.84 Å². The van der Waals surface area contributed by atoms with E-state index in [-0.39, 0.29) is 5.56 Å². The van der Waals surface area contributed by atoms with Crippen LogP contribution in [-0.4, -0.2) is 6.43 Å². The number of hydrazine groups is 1. The molecule has 14 heavy (non-hydrogen) atoms. The number of hydrogen-bond donors (Lipinski definition) is 2. The van der Waals surface area contributed by atoms with Crippen molar-refractivity contribution < 1.29 is 13.2 Å². The van der Waals surface area contributed by atoms with Gasteiger partial charge in [0.1, 0.15) is 11.9 Å². The Morgan fingerprint density at radius 2 is 2.00 bits per heavy atom. The highest BCUT2D eigenvalue weighted by atomic mass is 19.3. The molecule has 0 saturated heterocycles. The van der Waals surface area contributed by atoms with Crippen LogP contribution in [0, 0.1) is 12.7 Å². The monoisotopic (exact) mass is 204 g/mol. The molecule has 0 aliphatic rings. The van der Waals surface area contributed by atoms with Crippen LogP contribution >= 0.6 is 0 Å². The van der Waals surface area contributed by atoms with E-state index in [0.717, 1.165) is 6.07 Å². The number of aryl methyl sites for hydroxylation is 1. The molecule has 1 atom stereocenters. The van der Waals surface area contributed by atoms with E-state index in [4.69, 9.17) is 5.84 Å². The second-order valence-corrected chi connectivity index (χ2v) is 2.99. The number of alkyl halides is 2. The summed E-state index contributed by atoms with van der Waals surface area (Å²) in [5.74, 6) is 4.55. The van der Waals surface area contributed by atoms with Gasteiger partial charge in [0.25, 0.3) is 6.43 Å². The Morgan fingerprint density at radius 3 is 2.43 bits per heavy atom. The zero-order valence-corrected chi connectivity index (χ0v) is 7.60. The van der Waals surface area contributed by atoms with Crippen LogP contribution in [0.2, 0.25) is 0 Å². The smallest absolute Gasteiger partial charge is 0.259 e. The standard InChI is InChI=1S/C9H11F3N2/c1-5-4-6(2-3-7(5)10)8(14-13)9(11)12/h2-4,8-9,14H,13H2,1H3. The largest absolute Gasteiger partial charge is 0.271 e. The van der Waals surface area contributed by atoms with E-state index in [1.165, 1.54) is 19.1 Å². The maximum atomic E-state index is 12.8. The van der Waals surface area contributed by atoms with Crippen LogP contribution in [0.15, 0.2) is 18.2 Å². The molecule has 5 heteroatoms. The molecule has 78 valence electrons. The topological polar surface area (TPSA) is 38.0 Å². The molecule has 0 heterocycles. The molecule has 0 bridgehead atoms. The molecular weight excluding hydrogens is 193 g/mol. The second kappa shape index (κ2) is 4.43. The molecule has 0 aliphatic carbocycles. The lowest BCUT2D eigenvalue weighted by Gasteiger charge is -2.15. The minimum Gasteiger partial charge on any atom is -0.271 e. The van der Waals surface area contributed by atoms with Crippen molar-refractivity contribution in [2.45, 2.75) is 19.4 Å². The zero-order chi connectivity index (χ0) is 10.7. The molecule has 0 amide bonds. The average molecular weight is 204 g/mol. The number of nitrogens with two attached hydrogens (primary N) is 1. The Morgan fingerprint density at radius 1 is 1.36 bits per heavy atom. The fourth-order valence-corrected chi connectivity index (χ4v) is 1.18. The van der Waals surface area contributed by atoms with Crippen LogP contribution < -0.4 is 11.3 Å². The van der Waals surface area contributed by atoms with Gasteiger partial charge in [-0.15, -0.1) is 0 Å². The Balaban J connectivity index is 3.00. The predicted octanol–water partition coefficient (Wildman–Crippen LogP) is 1.90. The third-order valence-electron chi connectivity index (χ3n) is 1.97. The lowest BCUT2D eigenvalue weighted by atomic mass is 10.1. The summed E-state index contributed by atoms with van der Waals surface area (Å²) in [6.45, 7) is 1.51. The SMILES string of the molecule is Cc1cc(C(NN)C(F)F)ccc1F. The highest BCUT2D eigenvalue weighted by molar-refractivity contribution is 5.26. The van der Waals surface area contributed by atoms with Crippen LogP contribution in [0.25, 0.3) is 0 Å². The maximum Gasteiger partial charge on any atom is 0.259 e. The van der Waals surface area contributed by atoms with Crippen molar-refractivity contribution in [3.63, 3.8) is 0 Å². The molecule has 0 aliphatic heterocycles. The Labute approximate surface area is 79.9 Å². The van der Waals surface area contributed by atoms with Gasteiger partial charge in [-0.3, -0.25) is 5.84 Å². The fourth-order valence-electron chi connectivity index (χ4n) is 1.18. The highest BCUT2D eigenvalue weighted by Gasteiger charge is 2.21. The molecule has 1 aromatic rings. The van der Waals surface area contributed by atoms with E-state index in [9.17, 15) is 13.2 Å². The van der Waals surface area contributed by atoms with Gasteiger partial charge in [-0.25, -0.2) is 18.6 Å². The molecule has 1 unspecified atom stereocenters. The van der Waals surface area contributed by atoms with Crippen molar-refractivity contribution >= 4 is 0 Å². The molecular formula is C9H11F3N2. The number of benzene rings is 1. The first-order chi connectivity index (χ1) is 6.56. The molecule has 0 fully saturated rings. The van der Waals surface area contributed by atoms with Gasteiger partial charge in [0, 0.05) is 0 Å². The second-order valence-electron chi connectivity index (χ2n) is 2.99.